The summed E-state index contributed by atoms with van der Waals surface area (Å²) in [6, 6.07) is 6.96. The molecule has 6 nitrogen and oxygen atoms in total. The summed E-state index contributed by atoms with van der Waals surface area (Å²) < 4.78 is 10.7. The second kappa shape index (κ2) is 10.3. The van der Waals surface area contributed by atoms with Crippen LogP contribution in [-0.2, 0) is 9.53 Å². The summed E-state index contributed by atoms with van der Waals surface area (Å²) in [5, 5.41) is 10.2. The minimum atomic E-state index is -0.645. The predicted molar refractivity (Wildman–Crippen MR) is 98.4 cm³/mol. The zero-order chi connectivity index (χ0) is 18.9. The molecule has 1 aromatic rings. The molecule has 1 heterocycles. The number of aliphatic hydroxyl groups excluding tert-OH is 1. The van der Waals surface area contributed by atoms with E-state index >= 15 is 0 Å². The summed E-state index contributed by atoms with van der Waals surface area (Å²) in [5.41, 5.74) is 0.665. The van der Waals surface area contributed by atoms with Crippen LogP contribution in [0.4, 0.5) is 0 Å². The van der Waals surface area contributed by atoms with Crippen molar-refractivity contribution in [1.29, 1.82) is 0 Å². The van der Waals surface area contributed by atoms with E-state index in [4.69, 9.17) is 9.47 Å². The summed E-state index contributed by atoms with van der Waals surface area (Å²) in [7, 11) is 0. The lowest BCUT2D eigenvalue weighted by Gasteiger charge is -2.32. The third-order valence-corrected chi connectivity index (χ3v) is 4.53. The van der Waals surface area contributed by atoms with Crippen LogP contribution in [0.15, 0.2) is 24.3 Å². The SMILES string of the molecule is CCOC(=O)[C@H]1CCCN(C[C@@H](O)COc2ccc(C(=O)CC)cc2)C1. The quantitative estimate of drug-likeness (QED) is 0.536. The number of carbonyl (C=O) groups excluding carboxylic acids is 2. The van der Waals surface area contributed by atoms with E-state index in [1.807, 2.05) is 13.8 Å². The number of ketones is 1. The van der Waals surface area contributed by atoms with E-state index in [0.29, 0.717) is 37.4 Å². The molecule has 2 atom stereocenters. The Labute approximate surface area is 155 Å². The minimum absolute atomic E-state index is 0.0952. The van der Waals surface area contributed by atoms with Gasteiger partial charge in [-0.1, -0.05) is 6.92 Å². The second-order valence-corrected chi connectivity index (χ2v) is 6.62. The molecule has 1 aromatic carbocycles. The first-order valence-electron chi connectivity index (χ1n) is 9.36. The molecule has 1 saturated heterocycles. The van der Waals surface area contributed by atoms with Gasteiger partial charge in [-0.2, -0.15) is 0 Å². The smallest absolute Gasteiger partial charge is 0.310 e. The number of Topliss-reactive ketones (excluding diaryl/α,β-unsaturated/α-hetero) is 1. The molecule has 1 fully saturated rings. The molecule has 0 bridgehead atoms. The first kappa shape index (κ1) is 20.4. The van der Waals surface area contributed by atoms with Gasteiger partial charge in [0.1, 0.15) is 18.5 Å². The summed E-state index contributed by atoms with van der Waals surface area (Å²) in [5.74, 6) is 0.461. The van der Waals surface area contributed by atoms with E-state index < -0.39 is 6.10 Å². The number of carbonyl (C=O) groups is 2. The number of ether oxygens (including phenoxy) is 2. The molecule has 1 aliphatic rings. The largest absolute Gasteiger partial charge is 0.491 e. The van der Waals surface area contributed by atoms with Crippen LogP contribution in [0.1, 0.15) is 43.5 Å². The maximum atomic E-state index is 11.9. The lowest BCUT2D eigenvalue weighted by Crippen LogP contribution is -2.44. The van der Waals surface area contributed by atoms with Crippen molar-refractivity contribution >= 4 is 11.8 Å². The fraction of sp³-hybridized carbons (Fsp3) is 0.600. The maximum Gasteiger partial charge on any atom is 0.310 e. The van der Waals surface area contributed by atoms with Crippen molar-refractivity contribution in [2.45, 2.75) is 39.2 Å². The van der Waals surface area contributed by atoms with Gasteiger partial charge < -0.3 is 14.6 Å². The molecule has 0 radical (unpaired) electrons. The molecular weight excluding hydrogens is 334 g/mol. The average molecular weight is 363 g/mol. The Kier molecular flexibility index (Phi) is 8.06. The van der Waals surface area contributed by atoms with Crippen molar-refractivity contribution < 1.29 is 24.2 Å². The van der Waals surface area contributed by atoms with Gasteiger partial charge in [-0.25, -0.2) is 0 Å². The van der Waals surface area contributed by atoms with E-state index in [-0.39, 0.29) is 24.3 Å². The molecule has 6 heteroatoms. The third-order valence-electron chi connectivity index (χ3n) is 4.53. The normalized spacial score (nSPS) is 19.0. The molecule has 0 unspecified atom stereocenters. The van der Waals surface area contributed by atoms with Crippen LogP contribution in [0.25, 0.3) is 0 Å². The summed E-state index contributed by atoms with van der Waals surface area (Å²) in [6.45, 7) is 6.14. The Morgan fingerprint density at radius 3 is 2.65 bits per heavy atom. The minimum Gasteiger partial charge on any atom is -0.491 e. The van der Waals surface area contributed by atoms with Gasteiger partial charge in [-0.15, -0.1) is 0 Å². The third kappa shape index (κ3) is 6.11. The lowest BCUT2D eigenvalue weighted by atomic mass is 9.98. The standard InChI is InChI=1S/C20H29NO5/c1-3-19(23)15-7-9-18(10-8-15)26-14-17(22)13-21-11-5-6-16(12-21)20(24)25-4-2/h7-10,16-17,22H,3-6,11-14H2,1-2H3/t16-,17+/m0/s1. The van der Waals surface area contributed by atoms with Crippen molar-refractivity contribution in [2.24, 2.45) is 5.92 Å². The van der Waals surface area contributed by atoms with Crippen LogP contribution < -0.4 is 4.74 Å². The van der Waals surface area contributed by atoms with Crippen molar-refractivity contribution in [3.8, 4) is 5.75 Å². The number of likely N-dealkylation sites (tertiary alicyclic amines) is 1. The number of nitrogens with zero attached hydrogens (tertiary/aromatic N) is 1. The lowest BCUT2D eigenvalue weighted by molar-refractivity contribution is -0.150. The van der Waals surface area contributed by atoms with Crippen LogP contribution in [0.3, 0.4) is 0 Å². The number of hydrogen-bond acceptors (Lipinski definition) is 6. The molecule has 26 heavy (non-hydrogen) atoms. The van der Waals surface area contributed by atoms with Crippen LogP contribution in [0.2, 0.25) is 0 Å². The van der Waals surface area contributed by atoms with Crippen molar-refractivity contribution in [3.05, 3.63) is 29.8 Å². The van der Waals surface area contributed by atoms with E-state index in [2.05, 4.69) is 4.90 Å². The van der Waals surface area contributed by atoms with Crippen LogP contribution in [0.5, 0.6) is 5.75 Å². The molecule has 2 rings (SSSR count). The Morgan fingerprint density at radius 1 is 1.27 bits per heavy atom. The number of β-amino-alcohol motifs (C(OH)–C–C–N with tert-alkyl or cyclic N) is 1. The van der Waals surface area contributed by atoms with Gasteiger partial charge >= 0.3 is 5.97 Å². The summed E-state index contributed by atoms with van der Waals surface area (Å²) in [4.78, 5) is 25.6. The van der Waals surface area contributed by atoms with E-state index in [9.17, 15) is 14.7 Å². The first-order chi connectivity index (χ1) is 12.5. The number of aliphatic hydroxyl groups is 1. The Balaban J connectivity index is 1.76. The van der Waals surface area contributed by atoms with Crippen LogP contribution in [0, 0.1) is 5.92 Å². The zero-order valence-corrected chi connectivity index (χ0v) is 15.6. The van der Waals surface area contributed by atoms with Gasteiger partial charge in [0.05, 0.1) is 12.5 Å². The molecule has 0 aromatic heterocycles. The summed E-state index contributed by atoms with van der Waals surface area (Å²) >= 11 is 0. The molecule has 1 N–H and O–H groups in total. The molecule has 0 saturated carbocycles. The number of piperidine rings is 1. The van der Waals surface area contributed by atoms with Crippen LogP contribution in [-0.4, -0.2) is 60.7 Å². The van der Waals surface area contributed by atoms with Crippen LogP contribution >= 0.6 is 0 Å². The fourth-order valence-corrected chi connectivity index (χ4v) is 3.16. The highest BCUT2D eigenvalue weighted by Gasteiger charge is 2.27. The predicted octanol–water partition coefficient (Wildman–Crippen LogP) is 2.29. The van der Waals surface area contributed by atoms with Gasteiger partial charge in [0, 0.05) is 25.1 Å². The van der Waals surface area contributed by atoms with Gasteiger partial charge in [-0.3, -0.25) is 14.5 Å². The monoisotopic (exact) mass is 363 g/mol. The average Bonchev–Trinajstić information content (AvgIpc) is 2.66. The molecule has 0 spiro atoms. The van der Waals surface area contributed by atoms with Crippen molar-refractivity contribution in [3.63, 3.8) is 0 Å². The highest BCUT2D eigenvalue weighted by molar-refractivity contribution is 5.95. The van der Waals surface area contributed by atoms with Gasteiger partial charge in [0.15, 0.2) is 5.78 Å². The summed E-state index contributed by atoms with van der Waals surface area (Å²) in [6.07, 6.45) is 1.59. The second-order valence-electron chi connectivity index (χ2n) is 6.62. The Hall–Kier alpha value is -1.92. The topological polar surface area (TPSA) is 76.1 Å². The molecular formula is C20H29NO5. The Bertz CT molecular complexity index is 586. The molecule has 144 valence electrons. The Morgan fingerprint density at radius 2 is 2.00 bits per heavy atom. The van der Waals surface area contributed by atoms with Gasteiger partial charge in [0.2, 0.25) is 0 Å². The highest BCUT2D eigenvalue weighted by atomic mass is 16.5. The van der Waals surface area contributed by atoms with E-state index in [0.717, 1.165) is 19.4 Å². The number of rotatable bonds is 9. The fourth-order valence-electron chi connectivity index (χ4n) is 3.16. The maximum absolute atomic E-state index is 11.9. The van der Waals surface area contributed by atoms with Gasteiger partial charge in [-0.05, 0) is 50.6 Å². The molecule has 1 aliphatic heterocycles. The van der Waals surface area contributed by atoms with Gasteiger partial charge in [0.25, 0.3) is 0 Å². The first-order valence-corrected chi connectivity index (χ1v) is 9.36. The van der Waals surface area contributed by atoms with Crippen molar-refractivity contribution in [2.75, 3.05) is 32.8 Å². The zero-order valence-electron chi connectivity index (χ0n) is 15.6. The molecule has 0 amide bonds. The van der Waals surface area contributed by atoms with Crippen molar-refractivity contribution in [1.82, 2.24) is 4.90 Å². The number of benzene rings is 1. The molecule has 0 aliphatic carbocycles. The highest BCUT2D eigenvalue weighted by Crippen LogP contribution is 2.18. The van der Waals surface area contributed by atoms with E-state index in [1.165, 1.54) is 0 Å². The number of hydrogen-bond donors (Lipinski definition) is 1. The number of esters is 1. The van der Waals surface area contributed by atoms with E-state index in [1.54, 1.807) is 24.3 Å².